The van der Waals surface area contributed by atoms with E-state index >= 15 is 0 Å². The summed E-state index contributed by atoms with van der Waals surface area (Å²) in [5.74, 6) is 0.378. The second-order valence-electron chi connectivity index (χ2n) is 7.56. The second-order valence-corrected chi connectivity index (χ2v) is 9.42. The Hall–Kier alpha value is -2.34. The molecule has 0 bridgehead atoms. The molecular weight excluding hydrogens is 386 g/mol. The standard InChI is InChI=1S/C23H31NO4S/c1-5-22(20-12-8-7-9-13-20)23(25)24(16-18(3)4)17-19-11-10-14-21(15-19)28-29(26,27)6-2/h7-15,18,22H,5-6,16-17H2,1-4H3. The van der Waals surface area contributed by atoms with Crippen molar-refractivity contribution in [2.45, 2.75) is 46.6 Å². The van der Waals surface area contributed by atoms with Gasteiger partial charge in [-0.25, -0.2) is 0 Å². The number of amides is 1. The fourth-order valence-electron chi connectivity index (χ4n) is 3.25. The van der Waals surface area contributed by atoms with Crippen molar-refractivity contribution in [3.8, 4) is 5.75 Å². The highest BCUT2D eigenvalue weighted by Crippen LogP contribution is 2.25. The van der Waals surface area contributed by atoms with Crippen molar-refractivity contribution in [1.29, 1.82) is 0 Å². The molecule has 5 nitrogen and oxygen atoms in total. The van der Waals surface area contributed by atoms with Crippen LogP contribution >= 0.6 is 0 Å². The minimum atomic E-state index is -3.59. The molecule has 0 N–H and O–H groups in total. The van der Waals surface area contributed by atoms with Gasteiger partial charge in [0.05, 0.1) is 11.7 Å². The van der Waals surface area contributed by atoms with Gasteiger partial charge in [0, 0.05) is 13.1 Å². The maximum Gasteiger partial charge on any atom is 0.308 e. The molecule has 158 valence electrons. The summed E-state index contributed by atoms with van der Waals surface area (Å²) in [5.41, 5.74) is 1.85. The van der Waals surface area contributed by atoms with Gasteiger partial charge in [-0.05, 0) is 42.5 Å². The van der Waals surface area contributed by atoms with Gasteiger partial charge in [-0.15, -0.1) is 0 Å². The lowest BCUT2D eigenvalue weighted by Gasteiger charge is -2.29. The molecular formula is C23H31NO4S. The van der Waals surface area contributed by atoms with E-state index in [-0.39, 0.29) is 23.3 Å². The first kappa shape index (κ1) is 22.9. The van der Waals surface area contributed by atoms with Gasteiger partial charge < -0.3 is 9.08 Å². The highest BCUT2D eigenvalue weighted by molar-refractivity contribution is 7.87. The fourth-order valence-corrected chi connectivity index (χ4v) is 3.77. The summed E-state index contributed by atoms with van der Waals surface area (Å²) in [4.78, 5) is 15.2. The molecule has 1 atom stereocenters. The van der Waals surface area contributed by atoms with Crippen LogP contribution in [0.3, 0.4) is 0 Å². The Kier molecular flexibility index (Phi) is 8.26. The first-order valence-corrected chi connectivity index (χ1v) is 11.7. The number of benzene rings is 2. The quantitative estimate of drug-likeness (QED) is 0.530. The van der Waals surface area contributed by atoms with Crippen LogP contribution < -0.4 is 4.18 Å². The fraction of sp³-hybridized carbons (Fsp3) is 0.435. The Bertz CT molecular complexity index is 894. The lowest BCUT2D eigenvalue weighted by Crippen LogP contribution is -2.37. The van der Waals surface area contributed by atoms with Crippen molar-refractivity contribution >= 4 is 16.0 Å². The maximum absolute atomic E-state index is 13.4. The van der Waals surface area contributed by atoms with E-state index in [0.717, 1.165) is 17.5 Å². The van der Waals surface area contributed by atoms with Crippen LogP contribution in [0.5, 0.6) is 5.75 Å². The topological polar surface area (TPSA) is 63.7 Å². The molecule has 0 heterocycles. The number of carbonyl (C=O) groups excluding carboxylic acids is 1. The second kappa shape index (κ2) is 10.4. The summed E-state index contributed by atoms with van der Waals surface area (Å²) in [7, 11) is -3.59. The van der Waals surface area contributed by atoms with E-state index in [2.05, 4.69) is 13.8 Å². The van der Waals surface area contributed by atoms with Crippen LogP contribution in [0.2, 0.25) is 0 Å². The summed E-state index contributed by atoms with van der Waals surface area (Å²) < 4.78 is 28.6. The van der Waals surface area contributed by atoms with Crippen LogP contribution in [0.15, 0.2) is 54.6 Å². The van der Waals surface area contributed by atoms with Crippen molar-refractivity contribution in [3.05, 3.63) is 65.7 Å². The molecule has 0 aliphatic carbocycles. The first-order chi connectivity index (χ1) is 13.8. The van der Waals surface area contributed by atoms with Crippen molar-refractivity contribution in [3.63, 3.8) is 0 Å². The van der Waals surface area contributed by atoms with E-state index in [1.807, 2.05) is 48.2 Å². The normalized spacial score (nSPS) is 12.6. The molecule has 1 unspecified atom stereocenters. The van der Waals surface area contributed by atoms with E-state index in [4.69, 9.17) is 4.18 Å². The van der Waals surface area contributed by atoms with Crippen LogP contribution in [0.25, 0.3) is 0 Å². The van der Waals surface area contributed by atoms with Crippen molar-refractivity contribution in [1.82, 2.24) is 4.90 Å². The van der Waals surface area contributed by atoms with Crippen LogP contribution in [-0.4, -0.2) is 31.5 Å². The van der Waals surface area contributed by atoms with Crippen molar-refractivity contribution in [2.75, 3.05) is 12.3 Å². The van der Waals surface area contributed by atoms with E-state index in [1.165, 1.54) is 6.92 Å². The molecule has 2 aromatic rings. The predicted octanol–water partition coefficient (Wildman–Crippen LogP) is 4.59. The molecule has 1 amide bonds. The zero-order valence-electron chi connectivity index (χ0n) is 17.7. The van der Waals surface area contributed by atoms with Crippen LogP contribution in [0.1, 0.15) is 51.2 Å². The Morgan fingerprint density at radius 3 is 2.31 bits per heavy atom. The van der Waals surface area contributed by atoms with E-state index in [0.29, 0.717) is 19.0 Å². The van der Waals surface area contributed by atoms with Gasteiger partial charge in [-0.3, -0.25) is 4.79 Å². The van der Waals surface area contributed by atoms with Gasteiger partial charge in [0.1, 0.15) is 5.75 Å². The molecule has 0 aliphatic heterocycles. The predicted molar refractivity (Wildman–Crippen MR) is 116 cm³/mol. The molecule has 0 aliphatic rings. The van der Waals surface area contributed by atoms with E-state index in [1.54, 1.807) is 18.2 Å². The maximum atomic E-state index is 13.4. The Balaban J connectivity index is 2.25. The minimum Gasteiger partial charge on any atom is -0.382 e. The molecule has 29 heavy (non-hydrogen) atoms. The van der Waals surface area contributed by atoms with Crippen LogP contribution in [-0.2, 0) is 21.5 Å². The largest absolute Gasteiger partial charge is 0.382 e. The monoisotopic (exact) mass is 417 g/mol. The van der Waals surface area contributed by atoms with Gasteiger partial charge in [-0.1, -0.05) is 63.2 Å². The lowest BCUT2D eigenvalue weighted by molar-refractivity contribution is -0.134. The molecule has 6 heteroatoms. The molecule has 0 fully saturated rings. The third-order valence-electron chi connectivity index (χ3n) is 4.65. The molecule has 0 spiro atoms. The summed E-state index contributed by atoms with van der Waals surface area (Å²) in [5, 5.41) is 0. The zero-order chi connectivity index (χ0) is 21.4. The Labute approximate surface area is 174 Å². The lowest BCUT2D eigenvalue weighted by atomic mass is 9.94. The number of hydrogen-bond acceptors (Lipinski definition) is 4. The van der Waals surface area contributed by atoms with Crippen molar-refractivity contribution in [2.24, 2.45) is 5.92 Å². The zero-order valence-corrected chi connectivity index (χ0v) is 18.5. The Morgan fingerprint density at radius 2 is 1.72 bits per heavy atom. The van der Waals surface area contributed by atoms with Gasteiger partial charge in [0.25, 0.3) is 0 Å². The molecule has 0 radical (unpaired) electrons. The van der Waals surface area contributed by atoms with Crippen LogP contribution in [0, 0.1) is 5.92 Å². The number of rotatable bonds is 10. The average Bonchev–Trinajstić information content (AvgIpc) is 2.68. The van der Waals surface area contributed by atoms with Crippen LogP contribution in [0.4, 0.5) is 0 Å². The number of hydrogen-bond donors (Lipinski definition) is 0. The van der Waals surface area contributed by atoms with Gasteiger partial charge >= 0.3 is 10.1 Å². The molecule has 2 rings (SSSR count). The van der Waals surface area contributed by atoms with Gasteiger partial charge in [0.15, 0.2) is 0 Å². The Morgan fingerprint density at radius 1 is 1.03 bits per heavy atom. The number of nitrogens with zero attached hydrogens (tertiary/aromatic N) is 1. The average molecular weight is 418 g/mol. The molecule has 0 saturated heterocycles. The minimum absolute atomic E-state index is 0.0832. The van der Waals surface area contributed by atoms with E-state index < -0.39 is 10.1 Å². The third kappa shape index (κ3) is 6.89. The molecule has 0 aromatic heterocycles. The first-order valence-electron chi connectivity index (χ1n) is 10.1. The van der Waals surface area contributed by atoms with E-state index in [9.17, 15) is 13.2 Å². The summed E-state index contributed by atoms with van der Waals surface area (Å²) in [6.07, 6.45) is 0.718. The highest BCUT2D eigenvalue weighted by atomic mass is 32.2. The summed E-state index contributed by atoms with van der Waals surface area (Å²) >= 11 is 0. The molecule has 2 aromatic carbocycles. The van der Waals surface area contributed by atoms with Crippen molar-refractivity contribution < 1.29 is 17.4 Å². The SMILES string of the molecule is CCC(C(=O)N(Cc1cccc(OS(=O)(=O)CC)c1)CC(C)C)c1ccccc1. The number of carbonyl (C=O) groups is 1. The molecule has 0 saturated carbocycles. The summed E-state index contributed by atoms with van der Waals surface area (Å²) in [6, 6.07) is 16.8. The van der Waals surface area contributed by atoms with Gasteiger partial charge in [0.2, 0.25) is 5.91 Å². The third-order valence-corrected chi connectivity index (χ3v) is 5.81. The smallest absolute Gasteiger partial charge is 0.308 e. The van der Waals surface area contributed by atoms with Gasteiger partial charge in [-0.2, -0.15) is 8.42 Å². The highest BCUT2D eigenvalue weighted by Gasteiger charge is 2.25. The summed E-state index contributed by atoms with van der Waals surface area (Å²) in [6.45, 7) is 8.75.